The second-order valence-electron chi connectivity index (χ2n) is 3.97. The lowest BCUT2D eigenvalue weighted by Gasteiger charge is -2.12. The van der Waals surface area contributed by atoms with Gasteiger partial charge in [0.05, 0.1) is 5.56 Å². The van der Waals surface area contributed by atoms with Crippen LogP contribution in [0.1, 0.15) is 22.8 Å². The molecule has 0 aromatic heterocycles. The van der Waals surface area contributed by atoms with Gasteiger partial charge in [-0.25, -0.2) is 9.59 Å². The van der Waals surface area contributed by atoms with Gasteiger partial charge < -0.3 is 16.2 Å². The van der Waals surface area contributed by atoms with Crippen molar-refractivity contribution in [1.82, 2.24) is 5.32 Å². The number of primary amides is 1. The van der Waals surface area contributed by atoms with E-state index in [0.717, 1.165) is 5.56 Å². The number of aryl methyl sites for hydroxylation is 1. The molecule has 1 aromatic carbocycles. The number of amides is 3. The molecular formula is C12H15N3O4. The maximum absolute atomic E-state index is 11.7. The summed E-state index contributed by atoms with van der Waals surface area (Å²) < 4.78 is 4.88. The second kappa shape index (κ2) is 5.85. The second-order valence-corrected chi connectivity index (χ2v) is 3.97. The highest BCUT2D eigenvalue weighted by Crippen LogP contribution is 2.14. The van der Waals surface area contributed by atoms with Crippen LogP contribution in [0.4, 0.5) is 10.5 Å². The van der Waals surface area contributed by atoms with Crippen molar-refractivity contribution < 1.29 is 19.1 Å². The summed E-state index contributed by atoms with van der Waals surface area (Å²) in [7, 11) is 0. The van der Waals surface area contributed by atoms with Crippen molar-refractivity contribution in [2.75, 3.05) is 5.73 Å². The van der Waals surface area contributed by atoms with E-state index in [-0.39, 0.29) is 5.56 Å². The summed E-state index contributed by atoms with van der Waals surface area (Å²) in [4.78, 5) is 33.5. The van der Waals surface area contributed by atoms with Gasteiger partial charge in [0.15, 0.2) is 6.10 Å². The van der Waals surface area contributed by atoms with E-state index in [9.17, 15) is 14.4 Å². The summed E-state index contributed by atoms with van der Waals surface area (Å²) in [6.07, 6.45) is -1.14. The first-order valence-electron chi connectivity index (χ1n) is 5.48. The smallest absolute Gasteiger partial charge is 0.338 e. The van der Waals surface area contributed by atoms with Crippen LogP contribution < -0.4 is 16.8 Å². The number of urea groups is 1. The predicted octanol–water partition coefficient (Wildman–Crippen LogP) is 0.317. The van der Waals surface area contributed by atoms with Crippen LogP contribution in [0.25, 0.3) is 0 Å². The quantitative estimate of drug-likeness (QED) is 0.536. The Balaban J connectivity index is 2.71. The molecule has 7 heteroatoms. The molecule has 7 nitrogen and oxygen atoms in total. The zero-order chi connectivity index (χ0) is 14.6. The summed E-state index contributed by atoms with van der Waals surface area (Å²) in [6, 6.07) is 3.65. The molecule has 3 amide bonds. The summed E-state index contributed by atoms with van der Waals surface area (Å²) >= 11 is 0. The van der Waals surface area contributed by atoms with E-state index in [1.54, 1.807) is 13.0 Å². The van der Waals surface area contributed by atoms with Crippen LogP contribution in [0.2, 0.25) is 0 Å². The van der Waals surface area contributed by atoms with Gasteiger partial charge in [-0.05, 0) is 31.5 Å². The fourth-order valence-corrected chi connectivity index (χ4v) is 1.27. The minimum absolute atomic E-state index is 0.224. The summed E-state index contributed by atoms with van der Waals surface area (Å²) in [5, 5.41) is 1.82. The zero-order valence-corrected chi connectivity index (χ0v) is 10.6. The van der Waals surface area contributed by atoms with Gasteiger partial charge in [0.2, 0.25) is 0 Å². The first kappa shape index (κ1) is 14.5. The highest BCUT2D eigenvalue weighted by Gasteiger charge is 2.20. The first-order chi connectivity index (χ1) is 8.81. The molecule has 1 rings (SSSR count). The standard InChI is InChI=1S/C12H15N3O4/c1-6-3-4-8(5-9(6)13)11(17)19-7(2)10(16)15-12(14)18/h3-5,7H,13H2,1-2H3,(H3,14,15,16,18). The average Bonchev–Trinajstić information content (AvgIpc) is 2.31. The Kier molecular flexibility index (Phi) is 4.46. The van der Waals surface area contributed by atoms with Crippen LogP contribution in [-0.2, 0) is 9.53 Å². The molecule has 0 bridgehead atoms. The van der Waals surface area contributed by atoms with E-state index in [1.807, 2.05) is 5.32 Å². The SMILES string of the molecule is Cc1ccc(C(=O)OC(C)C(=O)NC(N)=O)cc1N. The lowest BCUT2D eigenvalue weighted by molar-refractivity contribution is -0.127. The normalized spacial score (nSPS) is 11.5. The topological polar surface area (TPSA) is 125 Å². The number of carbonyl (C=O) groups excluding carboxylic acids is 3. The van der Waals surface area contributed by atoms with Gasteiger partial charge in [0.25, 0.3) is 5.91 Å². The molecule has 19 heavy (non-hydrogen) atoms. The molecule has 0 spiro atoms. The molecule has 5 N–H and O–H groups in total. The van der Waals surface area contributed by atoms with Crippen molar-refractivity contribution in [2.45, 2.75) is 20.0 Å². The molecule has 0 fully saturated rings. The minimum atomic E-state index is -1.14. The molecule has 1 atom stereocenters. The predicted molar refractivity (Wildman–Crippen MR) is 68.2 cm³/mol. The summed E-state index contributed by atoms with van der Waals surface area (Å²) in [5.74, 6) is -1.50. The van der Waals surface area contributed by atoms with Crippen molar-refractivity contribution in [3.8, 4) is 0 Å². The van der Waals surface area contributed by atoms with Crippen LogP contribution in [0.3, 0.4) is 0 Å². The van der Waals surface area contributed by atoms with E-state index in [0.29, 0.717) is 5.69 Å². The van der Waals surface area contributed by atoms with E-state index in [2.05, 4.69) is 0 Å². The van der Waals surface area contributed by atoms with Crippen LogP contribution in [0, 0.1) is 6.92 Å². The fourth-order valence-electron chi connectivity index (χ4n) is 1.27. The lowest BCUT2D eigenvalue weighted by Crippen LogP contribution is -2.42. The van der Waals surface area contributed by atoms with Crippen LogP contribution in [0.5, 0.6) is 0 Å². The largest absolute Gasteiger partial charge is 0.449 e. The Morgan fingerprint density at radius 1 is 1.32 bits per heavy atom. The number of hydrogen-bond acceptors (Lipinski definition) is 5. The third-order valence-corrected chi connectivity index (χ3v) is 2.41. The molecule has 0 aliphatic heterocycles. The van der Waals surface area contributed by atoms with Crippen LogP contribution in [0.15, 0.2) is 18.2 Å². The van der Waals surface area contributed by atoms with Gasteiger partial charge in [-0.3, -0.25) is 10.1 Å². The van der Waals surface area contributed by atoms with E-state index in [4.69, 9.17) is 16.2 Å². The fraction of sp³-hybridized carbons (Fsp3) is 0.250. The summed E-state index contributed by atoms with van der Waals surface area (Å²) in [6.45, 7) is 3.13. The number of esters is 1. The van der Waals surface area contributed by atoms with E-state index in [1.165, 1.54) is 19.1 Å². The van der Waals surface area contributed by atoms with Crippen molar-refractivity contribution in [3.63, 3.8) is 0 Å². The number of imide groups is 1. The Morgan fingerprint density at radius 2 is 1.95 bits per heavy atom. The molecule has 0 radical (unpaired) electrons. The number of nitrogens with two attached hydrogens (primary N) is 2. The molecule has 0 aliphatic rings. The monoisotopic (exact) mass is 265 g/mol. The van der Waals surface area contributed by atoms with Gasteiger partial charge >= 0.3 is 12.0 Å². The molecule has 102 valence electrons. The maximum atomic E-state index is 11.7. The van der Waals surface area contributed by atoms with Crippen molar-refractivity contribution in [1.29, 1.82) is 0 Å². The first-order valence-corrected chi connectivity index (χ1v) is 5.48. The molecule has 1 aromatic rings. The Labute approximate surface area is 109 Å². The number of nitrogen functional groups attached to an aromatic ring is 1. The molecule has 0 saturated heterocycles. The van der Waals surface area contributed by atoms with Gasteiger partial charge in [-0.15, -0.1) is 0 Å². The number of benzene rings is 1. The number of ether oxygens (including phenoxy) is 1. The third-order valence-electron chi connectivity index (χ3n) is 2.41. The molecule has 0 saturated carbocycles. The molecule has 0 heterocycles. The van der Waals surface area contributed by atoms with Gasteiger partial charge in [-0.2, -0.15) is 0 Å². The van der Waals surface area contributed by atoms with Gasteiger partial charge in [0.1, 0.15) is 0 Å². The zero-order valence-electron chi connectivity index (χ0n) is 10.6. The van der Waals surface area contributed by atoms with E-state index < -0.39 is 24.0 Å². The van der Waals surface area contributed by atoms with Crippen molar-refractivity contribution in [3.05, 3.63) is 29.3 Å². The molecular weight excluding hydrogens is 250 g/mol. The number of rotatable bonds is 3. The Bertz CT molecular complexity index is 528. The lowest BCUT2D eigenvalue weighted by atomic mass is 10.1. The van der Waals surface area contributed by atoms with E-state index >= 15 is 0 Å². The summed E-state index contributed by atoms with van der Waals surface area (Å²) in [5.41, 5.74) is 11.9. The van der Waals surface area contributed by atoms with Gasteiger partial charge in [-0.1, -0.05) is 6.07 Å². The number of nitrogens with one attached hydrogen (secondary N) is 1. The van der Waals surface area contributed by atoms with Crippen molar-refractivity contribution in [2.24, 2.45) is 5.73 Å². The van der Waals surface area contributed by atoms with Crippen LogP contribution >= 0.6 is 0 Å². The number of hydrogen-bond donors (Lipinski definition) is 3. The average molecular weight is 265 g/mol. The van der Waals surface area contributed by atoms with Crippen LogP contribution in [-0.4, -0.2) is 24.0 Å². The Hall–Kier alpha value is -2.57. The molecule has 1 unspecified atom stereocenters. The van der Waals surface area contributed by atoms with Gasteiger partial charge in [0, 0.05) is 5.69 Å². The Morgan fingerprint density at radius 3 is 2.47 bits per heavy atom. The minimum Gasteiger partial charge on any atom is -0.449 e. The number of anilines is 1. The van der Waals surface area contributed by atoms with Crippen molar-refractivity contribution >= 4 is 23.6 Å². The highest BCUT2D eigenvalue weighted by atomic mass is 16.5. The maximum Gasteiger partial charge on any atom is 0.338 e. The highest BCUT2D eigenvalue weighted by molar-refractivity contribution is 5.98. The molecule has 0 aliphatic carbocycles. The number of carbonyl (C=O) groups is 3. The third kappa shape index (κ3) is 3.98.